The third-order valence-electron chi connectivity index (χ3n) is 8.17. The van der Waals surface area contributed by atoms with Crippen LogP contribution in [0.2, 0.25) is 5.02 Å². The molecule has 2 fully saturated rings. The van der Waals surface area contributed by atoms with E-state index in [0.717, 1.165) is 10.9 Å². The largest absolute Gasteiger partial charge is 0.368 e. The fourth-order valence-corrected chi connectivity index (χ4v) is 5.77. The number of amides is 3. The first kappa shape index (κ1) is 27.7. The van der Waals surface area contributed by atoms with Gasteiger partial charge < -0.3 is 25.3 Å². The van der Waals surface area contributed by atoms with Gasteiger partial charge in [0.2, 0.25) is 5.91 Å². The fourth-order valence-electron chi connectivity index (χ4n) is 5.55. The molecule has 1 saturated carbocycles. The number of nitrogens with one attached hydrogen (secondary N) is 3. The number of hydrogen-bond acceptors (Lipinski definition) is 5. The van der Waals surface area contributed by atoms with Gasteiger partial charge in [-0.1, -0.05) is 23.7 Å². The number of nitrogens with zero attached hydrogens (tertiary/aromatic N) is 2. The van der Waals surface area contributed by atoms with Crippen molar-refractivity contribution in [2.75, 3.05) is 25.5 Å². The van der Waals surface area contributed by atoms with Crippen molar-refractivity contribution in [3.8, 4) is 5.69 Å². The predicted octanol–water partition coefficient (Wildman–Crippen LogP) is 3.74. The van der Waals surface area contributed by atoms with Gasteiger partial charge in [-0.3, -0.25) is 23.7 Å². The second-order valence-electron chi connectivity index (χ2n) is 10.8. The maximum absolute atomic E-state index is 13.7. The first-order valence-electron chi connectivity index (χ1n) is 13.8. The number of fused-ring (bicyclic) bond motifs is 1. The molecular formula is C31H30ClN5O5. The molecule has 6 rings (SSSR count). The highest BCUT2D eigenvalue weighted by atomic mass is 35.5. The predicted molar refractivity (Wildman–Crippen MR) is 159 cm³/mol. The third kappa shape index (κ3) is 5.31. The number of aromatic nitrogens is 2. The minimum atomic E-state index is -0.810. The number of anilines is 1. The smallest absolute Gasteiger partial charge is 0.255 e. The van der Waals surface area contributed by atoms with Crippen molar-refractivity contribution < 1.29 is 19.1 Å². The molecule has 10 nitrogen and oxygen atoms in total. The highest BCUT2D eigenvalue weighted by molar-refractivity contribution is 6.35. The van der Waals surface area contributed by atoms with Crippen molar-refractivity contribution in [2.24, 2.45) is 5.92 Å². The summed E-state index contributed by atoms with van der Waals surface area (Å²) < 4.78 is 7.00. The summed E-state index contributed by atoms with van der Waals surface area (Å²) in [6, 6.07) is 16.5. The molecular weight excluding hydrogens is 558 g/mol. The van der Waals surface area contributed by atoms with Crippen LogP contribution in [0, 0.1) is 5.92 Å². The number of halogens is 1. The molecule has 0 spiro atoms. The van der Waals surface area contributed by atoms with Crippen LogP contribution in [0.1, 0.15) is 29.6 Å². The number of methoxy groups -OCH3 is 1. The topological polar surface area (TPSA) is 126 Å². The number of benzene rings is 2. The van der Waals surface area contributed by atoms with E-state index in [1.807, 2.05) is 0 Å². The molecule has 4 aromatic rings. The summed E-state index contributed by atoms with van der Waals surface area (Å²) in [4.78, 5) is 57.1. The van der Waals surface area contributed by atoms with Crippen LogP contribution in [0.15, 0.2) is 77.9 Å². The molecule has 2 aliphatic rings. The van der Waals surface area contributed by atoms with Crippen LogP contribution in [0.4, 0.5) is 5.69 Å². The minimum Gasteiger partial charge on any atom is -0.368 e. The number of hydrogen-bond donors (Lipinski definition) is 3. The summed E-state index contributed by atoms with van der Waals surface area (Å²) >= 11 is 6.18. The van der Waals surface area contributed by atoms with Crippen molar-refractivity contribution in [3.05, 3.63) is 94.0 Å². The average Bonchev–Trinajstić information content (AvgIpc) is 3.73. The lowest BCUT2D eigenvalue weighted by molar-refractivity contribution is -0.147. The molecule has 11 heteroatoms. The normalized spacial score (nSPS) is 19.3. The number of piperidine rings is 1. The van der Waals surface area contributed by atoms with Gasteiger partial charge in [0.1, 0.15) is 5.60 Å². The van der Waals surface area contributed by atoms with Gasteiger partial charge in [0.15, 0.2) is 0 Å². The van der Waals surface area contributed by atoms with Crippen molar-refractivity contribution in [3.63, 3.8) is 0 Å². The van der Waals surface area contributed by atoms with Crippen LogP contribution < -0.4 is 16.2 Å². The van der Waals surface area contributed by atoms with Gasteiger partial charge >= 0.3 is 0 Å². The lowest BCUT2D eigenvalue weighted by Gasteiger charge is -2.39. The summed E-state index contributed by atoms with van der Waals surface area (Å²) in [5.74, 6) is -1.48. The molecule has 1 aliphatic carbocycles. The summed E-state index contributed by atoms with van der Waals surface area (Å²) in [6.07, 6.45) is 5.04. The Hall–Kier alpha value is -4.41. The molecule has 3 heterocycles. The Morgan fingerprint density at radius 3 is 2.57 bits per heavy atom. The molecule has 42 heavy (non-hydrogen) atoms. The third-order valence-corrected chi connectivity index (χ3v) is 8.48. The lowest BCUT2D eigenvalue weighted by atomic mass is 9.90. The second-order valence-corrected chi connectivity index (χ2v) is 11.2. The Labute approximate surface area is 246 Å². The Bertz CT molecular complexity index is 1730. The first-order chi connectivity index (χ1) is 20.3. The Morgan fingerprint density at radius 1 is 1.07 bits per heavy atom. The number of rotatable bonds is 7. The average molecular weight is 588 g/mol. The van der Waals surface area contributed by atoms with E-state index < -0.39 is 17.6 Å². The monoisotopic (exact) mass is 587 g/mol. The van der Waals surface area contributed by atoms with Crippen LogP contribution in [0.25, 0.3) is 16.6 Å². The molecule has 3 N–H and O–H groups in total. The SMILES string of the molecule is COC1(C(=O)N2CC[C@@H](NC(=O)c3ccc4c(Cl)c[nH]c4c3)[C@@H](C(=O)Nc3ccc(-n4ccccc4=O)cc3)C2)CC1. The molecule has 216 valence electrons. The number of H-pyrrole nitrogens is 1. The number of carbonyl (C=O) groups is 3. The van der Waals surface area contributed by atoms with E-state index in [1.165, 1.54) is 17.7 Å². The maximum atomic E-state index is 13.7. The Kier molecular flexibility index (Phi) is 7.34. The maximum Gasteiger partial charge on any atom is 0.255 e. The van der Waals surface area contributed by atoms with Gasteiger partial charge in [-0.15, -0.1) is 0 Å². The highest BCUT2D eigenvalue weighted by Crippen LogP contribution is 2.41. The minimum absolute atomic E-state index is 0.126. The summed E-state index contributed by atoms with van der Waals surface area (Å²) in [6.45, 7) is 0.536. The van der Waals surface area contributed by atoms with Gasteiger partial charge in [-0.2, -0.15) is 0 Å². The quantitative estimate of drug-likeness (QED) is 0.304. The van der Waals surface area contributed by atoms with E-state index in [9.17, 15) is 19.2 Å². The van der Waals surface area contributed by atoms with Gasteiger partial charge in [0.25, 0.3) is 17.4 Å². The molecule has 0 bridgehead atoms. The summed E-state index contributed by atoms with van der Waals surface area (Å²) in [7, 11) is 1.53. The Morgan fingerprint density at radius 2 is 1.86 bits per heavy atom. The van der Waals surface area contributed by atoms with Gasteiger partial charge in [-0.25, -0.2) is 0 Å². The number of aromatic amines is 1. The highest BCUT2D eigenvalue weighted by Gasteiger charge is 2.53. The van der Waals surface area contributed by atoms with Crippen molar-refractivity contribution in [2.45, 2.75) is 30.9 Å². The van der Waals surface area contributed by atoms with Crippen LogP contribution in [0.5, 0.6) is 0 Å². The van der Waals surface area contributed by atoms with E-state index in [0.29, 0.717) is 47.8 Å². The molecule has 0 radical (unpaired) electrons. The zero-order chi connectivity index (χ0) is 29.4. The molecule has 2 atom stereocenters. The second kappa shape index (κ2) is 11.1. The summed E-state index contributed by atoms with van der Waals surface area (Å²) in [5.41, 5.74) is 1.39. The van der Waals surface area contributed by atoms with Crippen molar-refractivity contribution in [1.29, 1.82) is 0 Å². The fraction of sp³-hybridized carbons (Fsp3) is 0.290. The number of pyridine rings is 1. The zero-order valence-corrected chi connectivity index (χ0v) is 23.7. The zero-order valence-electron chi connectivity index (χ0n) is 22.9. The van der Waals surface area contributed by atoms with Crippen LogP contribution in [-0.2, 0) is 14.3 Å². The first-order valence-corrected chi connectivity index (χ1v) is 14.2. The molecule has 2 aromatic carbocycles. The number of likely N-dealkylation sites (tertiary alicyclic amines) is 1. The molecule has 3 amide bonds. The van der Waals surface area contributed by atoms with E-state index >= 15 is 0 Å². The number of carbonyl (C=O) groups excluding carboxylic acids is 3. The molecule has 0 unspecified atom stereocenters. The standard InChI is InChI=1S/C31H30ClN5O5/c1-42-31(12-13-31)30(41)36-15-11-25(35-28(39)19-5-10-22-24(32)17-33-26(22)16-19)23(18-36)29(40)34-20-6-8-21(9-7-20)37-14-3-2-4-27(37)38/h2-10,14,16-17,23,25,33H,11-13,15,18H2,1H3,(H,34,40)(H,35,39)/t23-,25+/m0/s1. The molecule has 1 saturated heterocycles. The van der Waals surface area contributed by atoms with E-state index in [1.54, 1.807) is 71.9 Å². The van der Waals surface area contributed by atoms with Crippen molar-refractivity contribution >= 4 is 45.9 Å². The summed E-state index contributed by atoms with van der Waals surface area (Å²) in [5, 5.41) is 7.35. The van der Waals surface area contributed by atoms with Gasteiger partial charge in [0, 0.05) is 72.5 Å². The van der Waals surface area contributed by atoms with Crippen LogP contribution in [0.3, 0.4) is 0 Å². The van der Waals surface area contributed by atoms with Crippen molar-refractivity contribution in [1.82, 2.24) is 19.8 Å². The van der Waals surface area contributed by atoms with E-state index in [4.69, 9.17) is 16.3 Å². The van der Waals surface area contributed by atoms with E-state index in [-0.39, 0.29) is 29.8 Å². The lowest BCUT2D eigenvalue weighted by Crippen LogP contribution is -2.57. The molecule has 1 aliphatic heterocycles. The van der Waals surface area contributed by atoms with E-state index in [2.05, 4.69) is 15.6 Å². The van der Waals surface area contributed by atoms with Crippen LogP contribution in [-0.4, -0.2) is 64.0 Å². The molecule has 2 aromatic heterocycles. The van der Waals surface area contributed by atoms with Gasteiger partial charge in [-0.05, 0) is 61.7 Å². The number of ether oxygens (including phenoxy) is 1. The van der Waals surface area contributed by atoms with Gasteiger partial charge in [0.05, 0.1) is 10.9 Å². The Balaban J connectivity index is 1.21. The van der Waals surface area contributed by atoms with Crippen LogP contribution >= 0.6 is 11.6 Å².